The van der Waals surface area contributed by atoms with E-state index in [1.165, 1.54) is 16.8 Å². The van der Waals surface area contributed by atoms with Crippen LogP contribution in [0.4, 0.5) is 22.7 Å². The number of para-hydroxylation sites is 3. The second-order valence-corrected chi connectivity index (χ2v) is 11.0. The Morgan fingerprint density at radius 2 is 1.04 bits per heavy atom. The van der Waals surface area contributed by atoms with Crippen molar-refractivity contribution in [2.24, 2.45) is 0 Å². The molecule has 0 saturated carbocycles. The first-order valence-corrected chi connectivity index (χ1v) is 15.4. The van der Waals surface area contributed by atoms with Crippen LogP contribution in [-0.4, -0.2) is 17.0 Å². The summed E-state index contributed by atoms with van der Waals surface area (Å²) in [5, 5.41) is 0. The fourth-order valence-corrected chi connectivity index (χ4v) is 6.08. The van der Waals surface area contributed by atoms with Crippen molar-refractivity contribution in [3.8, 4) is 22.5 Å². The van der Waals surface area contributed by atoms with E-state index in [9.17, 15) is 0 Å². The molecule has 5 heteroatoms. The van der Waals surface area contributed by atoms with E-state index < -0.39 is 0 Å². The van der Waals surface area contributed by atoms with Gasteiger partial charge in [0.25, 0.3) is 0 Å². The maximum absolute atomic E-state index is 5.04. The van der Waals surface area contributed by atoms with Crippen LogP contribution in [0.25, 0.3) is 28.1 Å². The van der Waals surface area contributed by atoms with Crippen LogP contribution < -0.4 is 15.1 Å². The lowest BCUT2D eigenvalue weighted by Gasteiger charge is -2.30. The zero-order chi connectivity index (χ0) is 30.6. The van der Waals surface area contributed by atoms with Crippen LogP contribution in [0.1, 0.15) is 19.7 Å². The quantitative estimate of drug-likeness (QED) is 0.139. The average Bonchev–Trinajstić information content (AvgIpc) is 3.47. The highest BCUT2D eigenvalue weighted by Crippen LogP contribution is 2.46. The van der Waals surface area contributed by atoms with E-state index in [0.29, 0.717) is 5.82 Å². The van der Waals surface area contributed by atoms with E-state index in [4.69, 9.17) is 9.97 Å². The van der Waals surface area contributed by atoms with Gasteiger partial charge >= 0.3 is 6.98 Å². The third-order valence-electron chi connectivity index (χ3n) is 8.17. The number of benzene rings is 5. The Balaban J connectivity index is 1.34. The molecule has 0 aliphatic carbocycles. The number of rotatable bonds is 7. The summed E-state index contributed by atoms with van der Waals surface area (Å²) in [4.78, 5) is 14.9. The van der Waals surface area contributed by atoms with Crippen molar-refractivity contribution in [3.63, 3.8) is 0 Å². The van der Waals surface area contributed by atoms with E-state index in [1.807, 2.05) is 38.1 Å². The summed E-state index contributed by atoms with van der Waals surface area (Å²) in [6.07, 6.45) is 6.14. The Labute approximate surface area is 265 Å². The first-order chi connectivity index (χ1) is 22.2. The van der Waals surface area contributed by atoms with E-state index in [0.717, 1.165) is 39.5 Å². The van der Waals surface area contributed by atoms with Crippen molar-refractivity contribution >= 4 is 40.8 Å². The van der Waals surface area contributed by atoms with Crippen LogP contribution in [0, 0.1) is 0 Å². The molecule has 4 nitrogen and oxygen atoms in total. The van der Waals surface area contributed by atoms with Gasteiger partial charge in [0.15, 0.2) is 5.82 Å². The third kappa shape index (κ3) is 5.45. The number of allylic oxidation sites excluding steroid dienone is 4. The summed E-state index contributed by atoms with van der Waals surface area (Å²) < 4.78 is 0. The van der Waals surface area contributed by atoms with Crippen LogP contribution in [0.5, 0.6) is 0 Å². The zero-order valence-electron chi connectivity index (χ0n) is 25.5. The van der Waals surface area contributed by atoms with Crippen LogP contribution in [-0.2, 0) is 0 Å². The predicted molar refractivity (Wildman–Crippen MR) is 190 cm³/mol. The minimum absolute atomic E-state index is 0.0507. The van der Waals surface area contributed by atoms with Gasteiger partial charge in [-0.3, -0.25) is 0 Å². The molecule has 2 heterocycles. The molecule has 0 fully saturated rings. The Bertz CT molecular complexity index is 1970. The number of fused-ring (bicyclic) bond motifs is 1. The molecule has 1 aliphatic rings. The number of anilines is 4. The van der Waals surface area contributed by atoms with Gasteiger partial charge in [0, 0.05) is 28.1 Å². The molecule has 0 spiro atoms. The van der Waals surface area contributed by atoms with Gasteiger partial charge < -0.3 is 9.62 Å². The van der Waals surface area contributed by atoms with Crippen LogP contribution in [0.2, 0.25) is 0 Å². The van der Waals surface area contributed by atoms with E-state index >= 15 is 0 Å². The molecule has 45 heavy (non-hydrogen) atoms. The second kappa shape index (κ2) is 12.5. The van der Waals surface area contributed by atoms with Crippen molar-refractivity contribution < 1.29 is 0 Å². The van der Waals surface area contributed by atoms with Crippen molar-refractivity contribution in [2.75, 3.05) is 9.62 Å². The molecular formula is C40H33BN4. The lowest BCUT2D eigenvalue weighted by molar-refractivity contribution is 1.13. The summed E-state index contributed by atoms with van der Waals surface area (Å²) in [7, 11) is 0. The molecule has 0 radical (unpaired) electrons. The highest BCUT2D eigenvalue weighted by molar-refractivity contribution is 6.84. The summed E-state index contributed by atoms with van der Waals surface area (Å²) in [6.45, 7) is 3.99. The molecule has 216 valence electrons. The van der Waals surface area contributed by atoms with Gasteiger partial charge in [0.1, 0.15) is 0 Å². The number of hydrogen-bond donors (Lipinski definition) is 0. The first-order valence-electron chi connectivity index (χ1n) is 15.4. The molecule has 0 unspecified atom stereocenters. The van der Waals surface area contributed by atoms with Gasteiger partial charge in [-0.15, -0.1) is 0 Å². The summed E-state index contributed by atoms with van der Waals surface area (Å²) in [6, 6.07) is 51.2. The Morgan fingerprint density at radius 1 is 0.556 bits per heavy atom. The standard InChI is InChI=1S/C40H33BN4/c1-3-16-30(4-2)40-42-36(31-17-8-5-9-18-31)29-37(43-40)32-25-27-35(28-26-32)45-39-24-15-14-23-38(39)44(34-21-12-7-13-22-34)41(45)33-19-10-6-11-20-33/h3-29H,1-2H3. The molecular weight excluding hydrogens is 547 g/mol. The first kappa shape index (κ1) is 28.1. The van der Waals surface area contributed by atoms with Gasteiger partial charge in [-0.1, -0.05) is 121 Å². The van der Waals surface area contributed by atoms with Crippen LogP contribution in [0.15, 0.2) is 164 Å². The molecule has 7 rings (SSSR count). The Morgan fingerprint density at radius 3 is 1.60 bits per heavy atom. The van der Waals surface area contributed by atoms with E-state index in [1.54, 1.807) is 0 Å². The minimum Gasteiger partial charge on any atom is -0.360 e. The number of hydrogen-bond acceptors (Lipinski definition) is 4. The molecule has 6 aromatic rings. The highest BCUT2D eigenvalue weighted by atomic mass is 15.3. The third-order valence-corrected chi connectivity index (χ3v) is 8.17. The molecule has 0 atom stereocenters. The molecule has 0 bridgehead atoms. The lowest BCUT2D eigenvalue weighted by atomic mass is 9.64. The molecule has 0 amide bonds. The fraction of sp³-hybridized carbons (Fsp3) is 0.0500. The average molecular weight is 581 g/mol. The van der Waals surface area contributed by atoms with Gasteiger partial charge in [-0.05, 0) is 61.8 Å². The number of aromatic nitrogens is 2. The van der Waals surface area contributed by atoms with Crippen molar-refractivity contribution in [1.29, 1.82) is 0 Å². The Kier molecular flexibility index (Phi) is 7.82. The zero-order valence-corrected chi connectivity index (χ0v) is 25.5. The molecule has 1 aromatic heterocycles. The smallest absolute Gasteiger partial charge is 0.360 e. The maximum Gasteiger partial charge on any atom is 0.420 e. The molecule has 0 saturated heterocycles. The van der Waals surface area contributed by atoms with E-state index in [-0.39, 0.29) is 6.98 Å². The molecule has 1 aliphatic heterocycles. The van der Waals surface area contributed by atoms with Crippen molar-refractivity contribution in [1.82, 2.24) is 9.97 Å². The minimum atomic E-state index is -0.0507. The Hall–Kier alpha value is -5.68. The van der Waals surface area contributed by atoms with Gasteiger partial charge in [0.2, 0.25) is 0 Å². The van der Waals surface area contributed by atoms with Gasteiger partial charge in [-0.25, -0.2) is 9.97 Å². The molecule has 5 aromatic carbocycles. The fourth-order valence-electron chi connectivity index (χ4n) is 6.08. The normalized spacial score (nSPS) is 13.0. The van der Waals surface area contributed by atoms with Crippen molar-refractivity contribution in [2.45, 2.75) is 13.8 Å². The maximum atomic E-state index is 5.04. The van der Waals surface area contributed by atoms with Crippen LogP contribution in [0.3, 0.4) is 0 Å². The second-order valence-electron chi connectivity index (χ2n) is 11.0. The SMILES string of the molecule is CC=CC(=CC)c1nc(-c2ccccc2)cc(-c2ccc(N3B(c4ccccc4)N(c4ccccc4)c4ccccc43)cc2)n1. The summed E-state index contributed by atoms with van der Waals surface area (Å²) >= 11 is 0. The lowest BCUT2D eigenvalue weighted by Crippen LogP contribution is -2.53. The van der Waals surface area contributed by atoms with Crippen molar-refractivity contribution in [3.05, 3.63) is 170 Å². The molecule has 0 N–H and O–H groups in total. The summed E-state index contributed by atoms with van der Waals surface area (Å²) in [5.74, 6) is 0.715. The number of nitrogens with zero attached hydrogens (tertiary/aromatic N) is 4. The van der Waals surface area contributed by atoms with Gasteiger partial charge in [0.05, 0.1) is 22.8 Å². The largest absolute Gasteiger partial charge is 0.420 e. The summed E-state index contributed by atoms with van der Waals surface area (Å²) in [5.41, 5.74) is 10.7. The van der Waals surface area contributed by atoms with Gasteiger partial charge in [-0.2, -0.15) is 0 Å². The van der Waals surface area contributed by atoms with E-state index in [2.05, 4.69) is 149 Å². The monoisotopic (exact) mass is 580 g/mol. The predicted octanol–water partition coefficient (Wildman–Crippen LogP) is 9.48. The topological polar surface area (TPSA) is 32.3 Å². The highest BCUT2D eigenvalue weighted by Gasteiger charge is 2.43. The van der Waals surface area contributed by atoms with Crippen LogP contribution >= 0.6 is 0 Å².